The van der Waals surface area contributed by atoms with Crippen LogP contribution in [0.25, 0.3) is 0 Å². The summed E-state index contributed by atoms with van der Waals surface area (Å²) in [6.07, 6.45) is 2.44. The average molecular weight is 375 g/mol. The van der Waals surface area contributed by atoms with Gasteiger partial charge in [-0.05, 0) is 64.0 Å². The van der Waals surface area contributed by atoms with Gasteiger partial charge >= 0.3 is 6.09 Å². The second-order valence-electron chi connectivity index (χ2n) is 9.06. The van der Waals surface area contributed by atoms with Crippen LogP contribution in [0.5, 0.6) is 0 Å². The molecule has 0 bridgehead atoms. The third-order valence-electron chi connectivity index (χ3n) is 5.37. The minimum atomic E-state index is -0.555. The number of carbonyl (C=O) groups is 2. The third kappa shape index (κ3) is 5.72. The normalized spacial score (nSPS) is 19.0. The first kappa shape index (κ1) is 21.3. The van der Waals surface area contributed by atoms with Crippen LogP contribution in [0.15, 0.2) is 24.3 Å². The van der Waals surface area contributed by atoms with Crippen LogP contribution >= 0.6 is 0 Å². The molecule has 5 heteroatoms. The van der Waals surface area contributed by atoms with Gasteiger partial charge in [-0.1, -0.05) is 38.1 Å². The highest BCUT2D eigenvalue weighted by Crippen LogP contribution is 2.32. The molecule has 0 aliphatic heterocycles. The summed E-state index contributed by atoms with van der Waals surface area (Å²) in [5.74, 6) is 0.0501. The number of ether oxygens (including phenoxy) is 1. The van der Waals surface area contributed by atoms with E-state index < -0.39 is 17.2 Å². The van der Waals surface area contributed by atoms with Crippen molar-refractivity contribution in [3.63, 3.8) is 0 Å². The van der Waals surface area contributed by atoms with E-state index in [-0.39, 0.29) is 17.7 Å². The van der Waals surface area contributed by atoms with Crippen LogP contribution in [0.2, 0.25) is 0 Å². The van der Waals surface area contributed by atoms with E-state index in [2.05, 4.69) is 22.8 Å². The first-order valence-electron chi connectivity index (χ1n) is 9.88. The minimum absolute atomic E-state index is 0.0318. The van der Waals surface area contributed by atoms with E-state index in [0.717, 1.165) is 24.8 Å². The summed E-state index contributed by atoms with van der Waals surface area (Å²) >= 11 is 0. The standard InChI is InChI=1S/C22H34N2O3/c1-15(2)22(6,14-23-20(26)27-21(3,4)5)24-19(25)18-13-9-11-16-10-7-8-12-17(16)18/h7-8,10,12,15,18H,9,11,13-14H2,1-6H3,(H,23,26)(H,24,25). The van der Waals surface area contributed by atoms with E-state index in [9.17, 15) is 9.59 Å². The van der Waals surface area contributed by atoms with Crippen molar-refractivity contribution >= 4 is 12.0 Å². The fourth-order valence-electron chi connectivity index (χ4n) is 3.36. The zero-order chi connectivity index (χ0) is 20.2. The lowest BCUT2D eigenvalue weighted by molar-refractivity contribution is -0.125. The monoisotopic (exact) mass is 374 g/mol. The van der Waals surface area contributed by atoms with Crippen molar-refractivity contribution in [2.75, 3.05) is 6.54 Å². The van der Waals surface area contributed by atoms with Crippen LogP contribution in [0.3, 0.4) is 0 Å². The van der Waals surface area contributed by atoms with Crippen molar-refractivity contribution in [3.05, 3.63) is 35.4 Å². The molecule has 2 amide bonds. The lowest BCUT2D eigenvalue weighted by Gasteiger charge is -2.37. The Kier molecular flexibility index (Phi) is 6.55. The van der Waals surface area contributed by atoms with Gasteiger partial charge in [-0.25, -0.2) is 4.79 Å². The van der Waals surface area contributed by atoms with Gasteiger partial charge < -0.3 is 15.4 Å². The van der Waals surface area contributed by atoms with Crippen LogP contribution in [0.4, 0.5) is 4.79 Å². The lowest BCUT2D eigenvalue weighted by Crippen LogP contribution is -2.58. The van der Waals surface area contributed by atoms with E-state index in [1.54, 1.807) is 0 Å². The van der Waals surface area contributed by atoms with Crippen molar-refractivity contribution in [1.82, 2.24) is 10.6 Å². The number of hydrogen-bond donors (Lipinski definition) is 2. The van der Waals surface area contributed by atoms with Crippen molar-refractivity contribution < 1.29 is 14.3 Å². The lowest BCUT2D eigenvalue weighted by atomic mass is 9.81. The number of aryl methyl sites for hydroxylation is 1. The fraction of sp³-hybridized carbons (Fsp3) is 0.636. The highest BCUT2D eigenvalue weighted by molar-refractivity contribution is 5.85. The second kappa shape index (κ2) is 8.32. The van der Waals surface area contributed by atoms with E-state index in [1.165, 1.54) is 5.56 Å². The molecule has 27 heavy (non-hydrogen) atoms. The van der Waals surface area contributed by atoms with Crippen LogP contribution < -0.4 is 10.6 Å². The molecule has 1 aliphatic carbocycles. The van der Waals surface area contributed by atoms with Gasteiger partial charge in [-0.15, -0.1) is 0 Å². The average Bonchev–Trinajstić information content (AvgIpc) is 2.58. The predicted molar refractivity (Wildman–Crippen MR) is 108 cm³/mol. The third-order valence-corrected chi connectivity index (χ3v) is 5.37. The molecule has 0 saturated carbocycles. The molecule has 0 aromatic heterocycles. The van der Waals surface area contributed by atoms with Crippen molar-refractivity contribution in [3.8, 4) is 0 Å². The van der Waals surface area contributed by atoms with E-state index in [1.807, 2.05) is 53.7 Å². The maximum Gasteiger partial charge on any atom is 0.407 e. The molecule has 1 aliphatic rings. The molecule has 2 atom stereocenters. The molecule has 150 valence electrons. The largest absolute Gasteiger partial charge is 0.444 e. The zero-order valence-electron chi connectivity index (χ0n) is 17.5. The summed E-state index contributed by atoms with van der Waals surface area (Å²) in [6, 6.07) is 8.20. The highest BCUT2D eigenvalue weighted by Gasteiger charge is 2.35. The van der Waals surface area contributed by atoms with Crippen LogP contribution in [-0.2, 0) is 16.0 Å². The Hall–Kier alpha value is -2.04. The molecule has 0 radical (unpaired) electrons. The van der Waals surface area contributed by atoms with Gasteiger partial charge in [-0.2, -0.15) is 0 Å². The summed E-state index contributed by atoms with van der Waals surface area (Å²) < 4.78 is 5.32. The molecule has 0 fully saturated rings. The number of benzene rings is 1. The predicted octanol–water partition coefficient (Wildman–Crippen LogP) is 4.16. The molecule has 2 N–H and O–H groups in total. The zero-order valence-corrected chi connectivity index (χ0v) is 17.5. The van der Waals surface area contributed by atoms with Gasteiger partial charge in [-0.3, -0.25) is 4.79 Å². The molecule has 0 spiro atoms. The maximum absolute atomic E-state index is 13.1. The van der Waals surface area contributed by atoms with Gasteiger partial charge in [0, 0.05) is 6.54 Å². The van der Waals surface area contributed by atoms with E-state index in [4.69, 9.17) is 4.74 Å². The smallest absolute Gasteiger partial charge is 0.407 e. The maximum atomic E-state index is 13.1. The number of carbonyl (C=O) groups excluding carboxylic acids is 2. The number of hydrogen-bond acceptors (Lipinski definition) is 3. The Morgan fingerprint density at radius 1 is 1.19 bits per heavy atom. The Balaban J connectivity index is 2.07. The van der Waals surface area contributed by atoms with Crippen LogP contribution in [0, 0.1) is 5.92 Å². The molecular formula is C22H34N2O3. The number of amides is 2. The Bertz CT molecular complexity index is 678. The number of alkyl carbamates (subject to hydrolysis) is 1. The first-order valence-corrected chi connectivity index (χ1v) is 9.88. The Morgan fingerprint density at radius 2 is 1.85 bits per heavy atom. The molecule has 1 aromatic carbocycles. The first-order chi connectivity index (χ1) is 12.5. The Labute approximate surface area is 163 Å². The quantitative estimate of drug-likeness (QED) is 0.813. The topological polar surface area (TPSA) is 67.4 Å². The van der Waals surface area contributed by atoms with Gasteiger partial charge in [0.1, 0.15) is 5.60 Å². The summed E-state index contributed by atoms with van der Waals surface area (Å²) in [4.78, 5) is 25.1. The van der Waals surface area contributed by atoms with Gasteiger partial charge in [0.05, 0.1) is 11.5 Å². The van der Waals surface area contributed by atoms with E-state index >= 15 is 0 Å². The molecular weight excluding hydrogens is 340 g/mol. The number of fused-ring (bicyclic) bond motifs is 1. The minimum Gasteiger partial charge on any atom is -0.444 e. The van der Waals surface area contributed by atoms with E-state index in [0.29, 0.717) is 6.54 Å². The number of nitrogens with one attached hydrogen (secondary N) is 2. The molecule has 1 aromatic rings. The van der Waals surface area contributed by atoms with Crippen molar-refractivity contribution in [2.45, 2.75) is 77.9 Å². The summed E-state index contributed by atoms with van der Waals surface area (Å²) in [5, 5.41) is 6.03. The van der Waals surface area contributed by atoms with Crippen LogP contribution in [-0.4, -0.2) is 29.7 Å². The SMILES string of the molecule is CC(C)C(C)(CNC(=O)OC(C)(C)C)NC(=O)C1CCCc2ccccc21. The molecule has 5 nitrogen and oxygen atoms in total. The second-order valence-corrected chi connectivity index (χ2v) is 9.06. The summed E-state index contributed by atoms with van der Waals surface area (Å²) in [6.45, 7) is 11.9. The van der Waals surface area contributed by atoms with Crippen molar-refractivity contribution in [2.24, 2.45) is 5.92 Å². The van der Waals surface area contributed by atoms with Crippen LogP contribution in [0.1, 0.15) is 71.4 Å². The molecule has 0 heterocycles. The highest BCUT2D eigenvalue weighted by atomic mass is 16.6. The fourth-order valence-corrected chi connectivity index (χ4v) is 3.36. The number of rotatable bonds is 5. The Morgan fingerprint density at radius 3 is 2.48 bits per heavy atom. The summed E-state index contributed by atoms with van der Waals surface area (Å²) in [5.41, 5.74) is 1.29. The van der Waals surface area contributed by atoms with Gasteiger partial charge in [0.25, 0.3) is 0 Å². The van der Waals surface area contributed by atoms with Crippen molar-refractivity contribution in [1.29, 1.82) is 0 Å². The molecule has 0 saturated heterocycles. The summed E-state index contributed by atoms with van der Waals surface area (Å²) in [7, 11) is 0. The molecule has 2 unspecified atom stereocenters. The van der Waals surface area contributed by atoms with Gasteiger partial charge in [0.15, 0.2) is 0 Å². The van der Waals surface area contributed by atoms with Gasteiger partial charge in [0.2, 0.25) is 5.91 Å². The molecule has 2 rings (SSSR count).